The van der Waals surface area contributed by atoms with Gasteiger partial charge in [-0.25, -0.2) is 0 Å². The van der Waals surface area contributed by atoms with E-state index in [-0.39, 0.29) is 5.91 Å². The maximum atomic E-state index is 12.6. The number of ether oxygens (including phenoxy) is 2. The van der Waals surface area contributed by atoms with Crippen LogP contribution >= 0.6 is 11.3 Å². The zero-order valence-corrected chi connectivity index (χ0v) is 15.6. The van der Waals surface area contributed by atoms with Gasteiger partial charge in [-0.3, -0.25) is 9.48 Å². The molecule has 0 unspecified atom stereocenters. The van der Waals surface area contributed by atoms with Crippen molar-refractivity contribution in [3.8, 4) is 11.5 Å². The molecule has 0 aliphatic heterocycles. The maximum absolute atomic E-state index is 12.6. The summed E-state index contributed by atoms with van der Waals surface area (Å²) < 4.78 is 12.6. The molecular weight excluding hydrogens is 338 g/mol. The van der Waals surface area contributed by atoms with Crippen molar-refractivity contribution in [1.29, 1.82) is 0 Å². The van der Waals surface area contributed by atoms with Crippen LogP contribution in [0.1, 0.15) is 15.4 Å². The molecule has 7 heteroatoms. The van der Waals surface area contributed by atoms with Crippen LogP contribution in [0.5, 0.6) is 11.5 Å². The lowest BCUT2D eigenvalue weighted by Crippen LogP contribution is -2.30. The molecule has 3 aromatic rings. The summed E-state index contributed by atoms with van der Waals surface area (Å²) in [5, 5.41) is 5.40. The zero-order chi connectivity index (χ0) is 18.0. The summed E-state index contributed by atoms with van der Waals surface area (Å²) in [7, 11) is 5.31. The first kappa shape index (κ1) is 17.3. The van der Waals surface area contributed by atoms with Gasteiger partial charge >= 0.3 is 0 Å². The van der Waals surface area contributed by atoms with E-state index in [1.165, 1.54) is 11.3 Å². The number of fused-ring (bicyclic) bond motifs is 1. The summed E-state index contributed by atoms with van der Waals surface area (Å²) in [6.45, 7) is 2.89. The highest BCUT2D eigenvalue weighted by atomic mass is 32.1. The van der Waals surface area contributed by atoms with Crippen LogP contribution < -0.4 is 9.47 Å². The number of hydrogen-bond acceptors (Lipinski definition) is 5. The Bertz CT molecular complexity index is 848. The Morgan fingerprint density at radius 2 is 1.96 bits per heavy atom. The quantitative estimate of drug-likeness (QED) is 0.679. The predicted octanol–water partition coefficient (Wildman–Crippen LogP) is 3.10. The molecule has 0 N–H and O–H groups in total. The minimum Gasteiger partial charge on any atom is -0.497 e. The van der Waals surface area contributed by atoms with E-state index in [1.807, 2.05) is 49.0 Å². The molecule has 2 aromatic heterocycles. The first-order chi connectivity index (χ1) is 12.0. The highest BCUT2D eigenvalue weighted by molar-refractivity contribution is 7.20. The van der Waals surface area contributed by atoms with Gasteiger partial charge in [-0.15, -0.1) is 11.3 Å². The summed E-state index contributed by atoms with van der Waals surface area (Å²) in [5.74, 6) is 1.54. The lowest BCUT2D eigenvalue weighted by Gasteiger charge is -2.16. The van der Waals surface area contributed by atoms with Gasteiger partial charge in [0.25, 0.3) is 5.91 Å². The zero-order valence-electron chi connectivity index (χ0n) is 14.8. The molecule has 0 saturated heterocycles. The molecule has 3 rings (SSSR count). The number of thiophene rings is 1. The maximum Gasteiger partial charge on any atom is 0.263 e. The van der Waals surface area contributed by atoms with Gasteiger partial charge in [0.05, 0.1) is 24.2 Å². The van der Waals surface area contributed by atoms with E-state index in [4.69, 9.17) is 9.47 Å². The molecule has 0 spiro atoms. The average molecular weight is 359 g/mol. The number of carbonyl (C=O) groups excluding carboxylic acids is 1. The van der Waals surface area contributed by atoms with Crippen LogP contribution in [0.25, 0.3) is 10.2 Å². The van der Waals surface area contributed by atoms with E-state index in [0.29, 0.717) is 13.2 Å². The van der Waals surface area contributed by atoms with Crippen molar-refractivity contribution < 1.29 is 14.3 Å². The summed E-state index contributed by atoms with van der Waals surface area (Å²) in [6, 6.07) is 9.31. The van der Waals surface area contributed by atoms with E-state index in [2.05, 4.69) is 5.10 Å². The van der Waals surface area contributed by atoms with Gasteiger partial charge in [-0.1, -0.05) is 0 Å². The molecule has 0 atom stereocenters. The minimum atomic E-state index is -0.000990. The number of aromatic nitrogens is 2. The topological polar surface area (TPSA) is 56.6 Å². The molecule has 0 bridgehead atoms. The van der Waals surface area contributed by atoms with E-state index >= 15 is 0 Å². The van der Waals surface area contributed by atoms with Crippen LogP contribution in [0.15, 0.2) is 30.3 Å². The fraction of sp³-hybridized carbons (Fsp3) is 0.333. The van der Waals surface area contributed by atoms with Crippen molar-refractivity contribution >= 4 is 27.5 Å². The Morgan fingerprint density at radius 3 is 2.60 bits per heavy atom. The Hall–Kier alpha value is -2.54. The number of carbonyl (C=O) groups is 1. The minimum absolute atomic E-state index is 0.000990. The number of methoxy groups -OCH3 is 1. The fourth-order valence-corrected chi connectivity index (χ4v) is 3.69. The summed E-state index contributed by atoms with van der Waals surface area (Å²) >= 11 is 1.47. The van der Waals surface area contributed by atoms with Gasteiger partial charge in [0.1, 0.15) is 22.9 Å². The molecule has 1 amide bonds. The Morgan fingerprint density at radius 1 is 1.28 bits per heavy atom. The number of aryl methyl sites for hydroxylation is 2. The van der Waals surface area contributed by atoms with E-state index < -0.39 is 0 Å². The third-order valence-corrected chi connectivity index (χ3v) is 5.20. The molecule has 0 radical (unpaired) electrons. The molecule has 0 aliphatic carbocycles. The SMILES string of the molecule is COc1ccc(OCCN(C)C(=O)c2cc3c(C)nn(C)c3s2)cc1. The third-order valence-electron chi connectivity index (χ3n) is 4.01. The van der Waals surface area contributed by atoms with E-state index in [1.54, 1.807) is 19.1 Å². The number of hydrogen-bond donors (Lipinski definition) is 0. The molecule has 0 fully saturated rings. The highest BCUT2D eigenvalue weighted by Crippen LogP contribution is 2.28. The normalized spacial score (nSPS) is 10.9. The lowest BCUT2D eigenvalue weighted by atomic mass is 10.3. The fourth-order valence-electron chi connectivity index (χ4n) is 2.57. The van der Waals surface area contributed by atoms with Gasteiger partial charge in [0.15, 0.2) is 0 Å². The average Bonchev–Trinajstić information content (AvgIpc) is 3.16. The lowest BCUT2D eigenvalue weighted by molar-refractivity contribution is 0.0778. The van der Waals surface area contributed by atoms with Gasteiger partial charge in [-0.05, 0) is 37.3 Å². The Balaban J connectivity index is 1.58. The van der Waals surface area contributed by atoms with Crippen LogP contribution in [0.3, 0.4) is 0 Å². The van der Waals surface area contributed by atoms with Crippen molar-refractivity contribution in [1.82, 2.24) is 14.7 Å². The van der Waals surface area contributed by atoms with Gasteiger partial charge in [0, 0.05) is 19.5 Å². The molecule has 1 aromatic carbocycles. The van der Waals surface area contributed by atoms with Crippen molar-refractivity contribution in [3.63, 3.8) is 0 Å². The number of rotatable bonds is 6. The van der Waals surface area contributed by atoms with Crippen LogP contribution in [0.2, 0.25) is 0 Å². The molecule has 0 saturated carbocycles. The molecule has 6 nitrogen and oxygen atoms in total. The molecule has 2 heterocycles. The Kier molecular flexibility index (Phi) is 4.94. The second kappa shape index (κ2) is 7.14. The standard InChI is InChI=1S/C18H21N3O3S/c1-12-15-11-16(25-18(15)21(3)19-12)17(22)20(2)9-10-24-14-7-5-13(23-4)6-8-14/h5-8,11H,9-10H2,1-4H3. The summed E-state index contributed by atoms with van der Waals surface area (Å²) in [5.41, 5.74) is 0.943. The first-order valence-corrected chi connectivity index (χ1v) is 8.76. The van der Waals surface area contributed by atoms with Crippen LogP contribution in [0, 0.1) is 6.92 Å². The van der Waals surface area contributed by atoms with E-state index in [9.17, 15) is 4.79 Å². The molecule has 25 heavy (non-hydrogen) atoms. The third kappa shape index (κ3) is 3.61. The van der Waals surface area contributed by atoms with Crippen molar-refractivity contribution in [2.75, 3.05) is 27.3 Å². The van der Waals surface area contributed by atoms with Crippen molar-refractivity contribution in [2.24, 2.45) is 7.05 Å². The predicted molar refractivity (Wildman–Crippen MR) is 98.8 cm³/mol. The monoisotopic (exact) mass is 359 g/mol. The number of nitrogens with zero attached hydrogens (tertiary/aromatic N) is 3. The van der Waals surface area contributed by atoms with Gasteiger partial charge in [0.2, 0.25) is 0 Å². The largest absolute Gasteiger partial charge is 0.497 e. The molecular formula is C18H21N3O3S. The smallest absolute Gasteiger partial charge is 0.263 e. The Labute approximate surface area is 150 Å². The van der Waals surface area contributed by atoms with Crippen molar-refractivity contribution in [3.05, 3.63) is 40.9 Å². The van der Waals surface area contributed by atoms with Gasteiger partial charge in [-0.2, -0.15) is 5.10 Å². The highest BCUT2D eigenvalue weighted by Gasteiger charge is 2.18. The first-order valence-electron chi connectivity index (χ1n) is 7.95. The summed E-state index contributed by atoms with van der Waals surface area (Å²) in [6.07, 6.45) is 0. The van der Waals surface area contributed by atoms with Crippen LogP contribution in [-0.4, -0.2) is 47.9 Å². The van der Waals surface area contributed by atoms with Crippen molar-refractivity contribution in [2.45, 2.75) is 6.92 Å². The van der Waals surface area contributed by atoms with Crippen LogP contribution in [-0.2, 0) is 7.05 Å². The number of likely N-dealkylation sites (N-methyl/N-ethyl adjacent to an activating group) is 1. The van der Waals surface area contributed by atoms with Crippen LogP contribution in [0.4, 0.5) is 0 Å². The van der Waals surface area contributed by atoms with Gasteiger partial charge < -0.3 is 14.4 Å². The number of amides is 1. The second-order valence-electron chi connectivity index (χ2n) is 5.79. The van der Waals surface area contributed by atoms with E-state index in [0.717, 1.165) is 32.3 Å². The summed E-state index contributed by atoms with van der Waals surface area (Å²) in [4.78, 5) is 16.0. The second-order valence-corrected chi connectivity index (χ2v) is 6.82. The number of benzene rings is 1. The molecule has 132 valence electrons. The molecule has 0 aliphatic rings.